The third-order valence-corrected chi connectivity index (χ3v) is 4.44. The van der Waals surface area contributed by atoms with E-state index in [4.69, 9.17) is 16.3 Å². The van der Waals surface area contributed by atoms with E-state index >= 15 is 0 Å². The first-order chi connectivity index (χ1) is 10.7. The Bertz CT molecular complexity index is 607. The predicted octanol–water partition coefficient (Wildman–Crippen LogP) is 3.23. The molecule has 1 N–H and O–H groups in total. The minimum Gasteiger partial charge on any atom is -0.381 e. The predicted molar refractivity (Wildman–Crippen MR) is 86.8 cm³/mol. The molecule has 1 saturated heterocycles. The monoisotopic (exact) mass is 317 g/mol. The molecule has 0 atom stereocenters. The van der Waals surface area contributed by atoms with Crippen LogP contribution >= 0.6 is 11.6 Å². The molecule has 0 radical (unpaired) electrons. The Morgan fingerprint density at radius 3 is 2.50 bits per heavy atom. The number of aryl methyl sites for hydroxylation is 1. The van der Waals surface area contributed by atoms with Gasteiger partial charge in [0.1, 0.15) is 0 Å². The third kappa shape index (κ3) is 3.46. The smallest absolute Gasteiger partial charge is 0.0725 e. The molecule has 1 aromatic carbocycles. The maximum Gasteiger partial charge on any atom is 0.0725 e. The average molecular weight is 318 g/mol. The number of halogens is 1. The molecular weight excluding hydrogens is 298 g/mol. The SMILES string of the molecule is Cc1cnc(CNC2(c3ccc(Cl)cc3)CCOCC2)cn1. The summed E-state index contributed by atoms with van der Waals surface area (Å²) >= 11 is 6.02. The minimum absolute atomic E-state index is 0.0879. The van der Waals surface area contributed by atoms with Crippen LogP contribution in [0.25, 0.3) is 0 Å². The fourth-order valence-electron chi connectivity index (χ4n) is 2.83. The second-order valence-corrected chi connectivity index (χ2v) is 6.14. The van der Waals surface area contributed by atoms with Crippen LogP contribution in [-0.2, 0) is 16.8 Å². The first kappa shape index (κ1) is 15.4. The molecule has 0 saturated carbocycles. The molecule has 4 nitrogen and oxygen atoms in total. The van der Waals surface area contributed by atoms with Crippen LogP contribution in [0, 0.1) is 6.92 Å². The Balaban J connectivity index is 1.80. The largest absolute Gasteiger partial charge is 0.381 e. The van der Waals surface area contributed by atoms with Gasteiger partial charge in [0.15, 0.2) is 0 Å². The molecule has 0 aliphatic carbocycles. The summed E-state index contributed by atoms with van der Waals surface area (Å²) in [6, 6.07) is 8.09. The van der Waals surface area contributed by atoms with Crippen molar-refractivity contribution in [3.05, 3.63) is 58.6 Å². The summed E-state index contributed by atoms with van der Waals surface area (Å²) < 4.78 is 5.54. The summed E-state index contributed by atoms with van der Waals surface area (Å²) in [5.41, 5.74) is 3.04. The number of ether oxygens (including phenoxy) is 1. The molecule has 116 valence electrons. The van der Waals surface area contributed by atoms with Gasteiger partial charge in [0, 0.05) is 42.7 Å². The molecule has 3 rings (SSSR count). The average Bonchev–Trinajstić information content (AvgIpc) is 2.56. The number of hydrogen-bond acceptors (Lipinski definition) is 4. The number of rotatable bonds is 4. The minimum atomic E-state index is -0.0879. The lowest BCUT2D eigenvalue weighted by molar-refractivity contribution is 0.0356. The first-order valence-corrected chi connectivity index (χ1v) is 7.92. The topological polar surface area (TPSA) is 47.0 Å². The maximum absolute atomic E-state index is 6.02. The molecule has 2 heterocycles. The lowest BCUT2D eigenvalue weighted by atomic mass is 9.82. The van der Waals surface area contributed by atoms with Crippen molar-refractivity contribution in [3.63, 3.8) is 0 Å². The third-order valence-electron chi connectivity index (χ3n) is 4.19. The highest BCUT2D eigenvalue weighted by Gasteiger charge is 2.33. The summed E-state index contributed by atoms with van der Waals surface area (Å²) in [5, 5.41) is 4.44. The Kier molecular flexibility index (Phi) is 4.71. The van der Waals surface area contributed by atoms with Gasteiger partial charge in [-0.25, -0.2) is 0 Å². The molecule has 0 amide bonds. The van der Waals surface area contributed by atoms with Crippen molar-refractivity contribution >= 4 is 11.6 Å². The zero-order valence-electron chi connectivity index (χ0n) is 12.7. The van der Waals surface area contributed by atoms with Crippen molar-refractivity contribution < 1.29 is 4.74 Å². The molecule has 2 aromatic rings. The van der Waals surface area contributed by atoms with E-state index in [2.05, 4.69) is 27.4 Å². The number of nitrogens with one attached hydrogen (secondary N) is 1. The Hall–Kier alpha value is -1.49. The fraction of sp³-hybridized carbons (Fsp3) is 0.412. The van der Waals surface area contributed by atoms with Crippen LogP contribution in [0.3, 0.4) is 0 Å². The van der Waals surface area contributed by atoms with E-state index < -0.39 is 0 Å². The maximum atomic E-state index is 6.02. The second-order valence-electron chi connectivity index (χ2n) is 5.70. The highest BCUT2D eigenvalue weighted by molar-refractivity contribution is 6.30. The van der Waals surface area contributed by atoms with Crippen molar-refractivity contribution in [2.75, 3.05) is 13.2 Å². The van der Waals surface area contributed by atoms with Crippen molar-refractivity contribution in [2.45, 2.75) is 31.8 Å². The van der Waals surface area contributed by atoms with Crippen LogP contribution in [0.5, 0.6) is 0 Å². The lowest BCUT2D eigenvalue weighted by Crippen LogP contribution is -2.46. The van der Waals surface area contributed by atoms with Gasteiger partial charge < -0.3 is 10.1 Å². The molecular formula is C17H20ClN3O. The van der Waals surface area contributed by atoms with E-state index in [0.717, 1.165) is 42.5 Å². The van der Waals surface area contributed by atoms with Crippen LogP contribution in [0.2, 0.25) is 5.02 Å². The fourth-order valence-corrected chi connectivity index (χ4v) is 2.95. The zero-order valence-corrected chi connectivity index (χ0v) is 13.4. The van der Waals surface area contributed by atoms with Gasteiger partial charge >= 0.3 is 0 Å². The Morgan fingerprint density at radius 1 is 1.14 bits per heavy atom. The lowest BCUT2D eigenvalue weighted by Gasteiger charge is -2.38. The molecule has 0 bridgehead atoms. The van der Waals surface area contributed by atoms with Crippen LogP contribution in [0.4, 0.5) is 0 Å². The Morgan fingerprint density at radius 2 is 1.86 bits per heavy atom. The van der Waals surface area contributed by atoms with Crippen LogP contribution in [-0.4, -0.2) is 23.2 Å². The highest BCUT2D eigenvalue weighted by Crippen LogP contribution is 2.33. The van der Waals surface area contributed by atoms with Gasteiger partial charge in [0.2, 0.25) is 0 Å². The van der Waals surface area contributed by atoms with E-state index in [0.29, 0.717) is 6.54 Å². The summed E-state index contributed by atoms with van der Waals surface area (Å²) in [7, 11) is 0. The molecule has 0 spiro atoms. The molecule has 1 aliphatic heterocycles. The van der Waals surface area contributed by atoms with Crippen LogP contribution < -0.4 is 5.32 Å². The van der Waals surface area contributed by atoms with E-state index in [9.17, 15) is 0 Å². The van der Waals surface area contributed by atoms with Crippen LogP contribution in [0.15, 0.2) is 36.7 Å². The summed E-state index contributed by atoms with van der Waals surface area (Å²) in [6.45, 7) is 4.15. The second kappa shape index (κ2) is 6.73. The number of nitrogens with zero attached hydrogens (tertiary/aromatic N) is 2. The van der Waals surface area contributed by atoms with Crippen molar-refractivity contribution in [1.82, 2.24) is 15.3 Å². The van der Waals surface area contributed by atoms with Gasteiger partial charge in [-0.1, -0.05) is 23.7 Å². The van der Waals surface area contributed by atoms with Crippen molar-refractivity contribution in [1.29, 1.82) is 0 Å². The van der Waals surface area contributed by atoms with E-state index in [-0.39, 0.29) is 5.54 Å². The molecule has 0 unspecified atom stereocenters. The molecule has 1 fully saturated rings. The van der Waals surface area contributed by atoms with Gasteiger partial charge in [0.25, 0.3) is 0 Å². The van der Waals surface area contributed by atoms with Crippen molar-refractivity contribution in [3.8, 4) is 0 Å². The Labute approximate surface area is 135 Å². The molecule has 5 heteroatoms. The first-order valence-electron chi connectivity index (χ1n) is 7.54. The molecule has 1 aliphatic rings. The van der Waals surface area contributed by atoms with Gasteiger partial charge in [-0.05, 0) is 37.5 Å². The van der Waals surface area contributed by atoms with Crippen molar-refractivity contribution in [2.24, 2.45) is 0 Å². The van der Waals surface area contributed by atoms with E-state index in [1.165, 1.54) is 5.56 Å². The van der Waals surface area contributed by atoms with Gasteiger partial charge in [-0.3, -0.25) is 9.97 Å². The van der Waals surface area contributed by atoms with Gasteiger partial charge in [-0.15, -0.1) is 0 Å². The number of hydrogen-bond donors (Lipinski definition) is 1. The highest BCUT2D eigenvalue weighted by atomic mass is 35.5. The molecule has 22 heavy (non-hydrogen) atoms. The van der Waals surface area contributed by atoms with E-state index in [1.807, 2.05) is 25.3 Å². The number of aromatic nitrogens is 2. The van der Waals surface area contributed by atoms with Gasteiger partial charge in [0.05, 0.1) is 11.4 Å². The number of benzene rings is 1. The standard InChI is InChI=1S/C17H20ClN3O/c1-13-10-20-16(11-19-13)12-21-17(6-8-22-9-7-17)14-2-4-15(18)5-3-14/h2-5,10-11,21H,6-9,12H2,1H3. The van der Waals surface area contributed by atoms with Crippen LogP contribution in [0.1, 0.15) is 29.8 Å². The summed E-state index contributed by atoms with van der Waals surface area (Å²) in [5.74, 6) is 0. The molecule has 1 aromatic heterocycles. The quantitative estimate of drug-likeness (QED) is 0.940. The van der Waals surface area contributed by atoms with E-state index in [1.54, 1.807) is 6.20 Å². The normalized spacial score (nSPS) is 17.4. The summed E-state index contributed by atoms with van der Waals surface area (Å²) in [4.78, 5) is 8.73. The summed E-state index contributed by atoms with van der Waals surface area (Å²) in [6.07, 6.45) is 5.51. The zero-order chi connectivity index (χ0) is 15.4. The van der Waals surface area contributed by atoms with Gasteiger partial charge in [-0.2, -0.15) is 0 Å².